The molecule has 3 atom stereocenters. The van der Waals surface area contributed by atoms with Gasteiger partial charge in [0.2, 0.25) is 0 Å². The Morgan fingerprint density at radius 1 is 1.07 bits per heavy atom. The highest BCUT2D eigenvalue weighted by molar-refractivity contribution is 5.80. The second-order valence-corrected chi connectivity index (χ2v) is 8.79. The molecule has 0 aliphatic rings. The topological polar surface area (TPSA) is 61.8 Å². The largest absolute Gasteiger partial charge is 0.497 e. The number of rotatable bonds is 8. The van der Waals surface area contributed by atoms with Crippen molar-refractivity contribution in [3.05, 3.63) is 29.3 Å². The van der Waals surface area contributed by atoms with Crippen molar-refractivity contribution in [3.63, 3.8) is 0 Å². The van der Waals surface area contributed by atoms with Crippen LogP contribution in [0, 0.1) is 18.8 Å². The molecule has 0 aliphatic heterocycles. The lowest BCUT2D eigenvalue weighted by Gasteiger charge is -2.27. The number of hydrogen-bond donors (Lipinski definition) is 0. The zero-order chi connectivity index (χ0) is 21.6. The molecule has 0 radical (unpaired) electrons. The average molecular weight is 393 g/mol. The highest BCUT2D eigenvalue weighted by atomic mass is 16.6. The molecule has 1 aromatic carbocycles. The second kappa shape index (κ2) is 9.94. The molecule has 0 unspecified atom stereocenters. The van der Waals surface area contributed by atoms with Gasteiger partial charge in [-0.15, -0.1) is 0 Å². The molecule has 0 fully saturated rings. The Bertz CT molecular complexity index is 672. The van der Waals surface area contributed by atoms with Gasteiger partial charge < -0.3 is 14.2 Å². The molecule has 158 valence electrons. The first-order chi connectivity index (χ1) is 12.9. The molecule has 0 amide bonds. The minimum atomic E-state index is -0.573. The smallest absolute Gasteiger partial charge is 0.310 e. The third kappa shape index (κ3) is 7.17. The maximum absolute atomic E-state index is 12.8. The van der Waals surface area contributed by atoms with Gasteiger partial charge in [-0.25, -0.2) is 0 Å². The normalized spacial score (nSPS) is 14.9. The van der Waals surface area contributed by atoms with E-state index in [2.05, 4.69) is 0 Å². The Morgan fingerprint density at radius 3 is 2.14 bits per heavy atom. The van der Waals surface area contributed by atoms with Crippen molar-refractivity contribution in [1.29, 1.82) is 0 Å². The average Bonchev–Trinajstić information content (AvgIpc) is 2.56. The Labute approximate surface area is 169 Å². The van der Waals surface area contributed by atoms with Crippen LogP contribution in [0.3, 0.4) is 0 Å². The predicted octanol–water partition coefficient (Wildman–Crippen LogP) is 5.04. The minimum Gasteiger partial charge on any atom is -0.497 e. The van der Waals surface area contributed by atoms with Gasteiger partial charge in [0.25, 0.3) is 0 Å². The molecule has 0 aliphatic carbocycles. The fourth-order valence-corrected chi connectivity index (χ4v) is 3.07. The summed E-state index contributed by atoms with van der Waals surface area (Å²) in [4.78, 5) is 24.9. The second-order valence-electron chi connectivity index (χ2n) is 8.79. The first-order valence-corrected chi connectivity index (χ1v) is 9.92. The predicted molar refractivity (Wildman–Crippen MR) is 110 cm³/mol. The number of carbonyl (C=O) groups is 2. The van der Waals surface area contributed by atoms with Crippen molar-refractivity contribution in [2.24, 2.45) is 11.8 Å². The Balaban J connectivity index is 2.82. The van der Waals surface area contributed by atoms with Crippen molar-refractivity contribution in [2.75, 3.05) is 7.11 Å². The van der Waals surface area contributed by atoms with Crippen LogP contribution in [0.25, 0.3) is 0 Å². The van der Waals surface area contributed by atoms with Gasteiger partial charge in [0.15, 0.2) is 0 Å². The van der Waals surface area contributed by atoms with Crippen LogP contribution in [0.4, 0.5) is 0 Å². The molecule has 0 N–H and O–H groups in total. The molecule has 1 rings (SSSR count). The van der Waals surface area contributed by atoms with E-state index in [1.165, 1.54) is 0 Å². The first-order valence-electron chi connectivity index (χ1n) is 9.92. The van der Waals surface area contributed by atoms with E-state index in [-0.39, 0.29) is 36.3 Å². The van der Waals surface area contributed by atoms with E-state index >= 15 is 0 Å². The summed E-state index contributed by atoms with van der Waals surface area (Å²) in [5, 5.41) is 0. The summed E-state index contributed by atoms with van der Waals surface area (Å²) in [7, 11) is 1.64. The van der Waals surface area contributed by atoms with Gasteiger partial charge in [0.1, 0.15) is 17.5 Å². The van der Waals surface area contributed by atoms with Crippen molar-refractivity contribution in [2.45, 2.75) is 79.4 Å². The van der Waals surface area contributed by atoms with E-state index in [0.29, 0.717) is 0 Å². The van der Waals surface area contributed by atoms with Gasteiger partial charge in [-0.3, -0.25) is 9.59 Å². The minimum absolute atomic E-state index is 0.0178. The van der Waals surface area contributed by atoms with Crippen LogP contribution in [0.15, 0.2) is 18.2 Å². The van der Waals surface area contributed by atoms with Gasteiger partial charge >= 0.3 is 11.9 Å². The van der Waals surface area contributed by atoms with Crippen molar-refractivity contribution in [1.82, 2.24) is 0 Å². The van der Waals surface area contributed by atoms with Crippen LogP contribution in [0.1, 0.15) is 71.9 Å². The molecule has 0 saturated heterocycles. The fraction of sp³-hybridized carbons (Fsp3) is 0.652. The molecule has 0 spiro atoms. The van der Waals surface area contributed by atoms with E-state index in [1.807, 2.05) is 73.6 Å². The standard InChI is InChI=1S/C23H36O5/c1-14(2)20(13-21(24)28-23(6,7)8)22(25)27-17(5)16(4)19-11-10-18(26-9)12-15(19)3/h10-12,14,16-17,20H,13H2,1-9H3/t16-,17+,20+/m1/s1. The Hall–Kier alpha value is -2.04. The van der Waals surface area contributed by atoms with Crippen molar-refractivity contribution >= 4 is 11.9 Å². The van der Waals surface area contributed by atoms with E-state index in [1.54, 1.807) is 7.11 Å². The first kappa shape index (κ1) is 24.0. The summed E-state index contributed by atoms with van der Waals surface area (Å²) < 4.78 is 16.4. The van der Waals surface area contributed by atoms with Crippen molar-refractivity contribution in [3.8, 4) is 5.75 Å². The van der Waals surface area contributed by atoms with Crippen LogP contribution >= 0.6 is 0 Å². The Morgan fingerprint density at radius 2 is 1.68 bits per heavy atom. The lowest BCUT2D eigenvalue weighted by Crippen LogP contribution is -2.32. The number of esters is 2. The number of benzene rings is 1. The van der Waals surface area contributed by atoms with E-state index < -0.39 is 11.5 Å². The Kier molecular flexibility index (Phi) is 8.52. The molecule has 0 aromatic heterocycles. The molecule has 28 heavy (non-hydrogen) atoms. The fourth-order valence-electron chi connectivity index (χ4n) is 3.07. The lowest BCUT2D eigenvalue weighted by atomic mass is 9.90. The van der Waals surface area contributed by atoms with Gasteiger partial charge in [0.05, 0.1) is 19.4 Å². The molecular formula is C23H36O5. The zero-order valence-corrected chi connectivity index (χ0v) is 18.8. The maximum atomic E-state index is 12.8. The van der Waals surface area contributed by atoms with E-state index in [4.69, 9.17) is 14.2 Å². The van der Waals surface area contributed by atoms with Crippen molar-refractivity contribution < 1.29 is 23.8 Å². The summed E-state index contributed by atoms with van der Waals surface area (Å²) in [5.74, 6) is -0.465. The van der Waals surface area contributed by atoms with Crippen LogP contribution in [-0.2, 0) is 19.1 Å². The highest BCUT2D eigenvalue weighted by Gasteiger charge is 2.31. The quantitative estimate of drug-likeness (QED) is 0.580. The van der Waals surface area contributed by atoms with Crippen LogP contribution in [0.2, 0.25) is 0 Å². The van der Waals surface area contributed by atoms with Crippen LogP contribution < -0.4 is 4.74 Å². The molecule has 0 bridgehead atoms. The van der Waals surface area contributed by atoms with E-state index in [0.717, 1.165) is 16.9 Å². The van der Waals surface area contributed by atoms with Gasteiger partial charge in [-0.05, 0) is 63.8 Å². The highest BCUT2D eigenvalue weighted by Crippen LogP contribution is 2.29. The summed E-state index contributed by atoms with van der Waals surface area (Å²) in [6.45, 7) is 15.2. The number of methoxy groups -OCH3 is 1. The molecule has 0 saturated carbocycles. The number of aryl methyl sites for hydroxylation is 1. The van der Waals surface area contributed by atoms with Crippen LogP contribution in [0.5, 0.6) is 5.75 Å². The summed E-state index contributed by atoms with van der Waals surface area (Å²) in [6, 6.07) is 5.89. The molecule has 5 nitrogen and oxygen atoms in total. The third-order valence-electron chi connectivity index (χ3n) is 4.89. The lowest BCUT2D eigenvalue weighted by molar-refractivity contribution is -0.165. The molecule has 1 aromatic rings. The summed E-state index contributed by atoms with van der Waals surface area (Å²) in [6.07, 6.45) is -0.296. The number of ether oxygens (including phenoxy) is 3. The number of carbonyl (C=O) groups excluding carboxylic acids is 2. The molecule has 5 heteroatoms. The van der Waals surface area contributed by atoms with Gasteiger partial charge in [0, 0.05) is 5.92 Å². The van der Waals surface area contributed by atoms with Gasteiger partial charge in [-0.2, -0.15) is 0 Å². The van der Waals surface area contributed by atoms with Crippen LogP contribution in [-0.4, -0.2) is 30.8 Å². The van der Waals surface area contributed by atoms with Gasteiger partial charge in [-0.1, -0.05) is 26.8 Å². The zero-order valence-electron chi connectivity index (χ0n) is 18.8. The maximum Gasteiger partial charge on any atom is 0.310 e. The third-order valence-corrected chi connectivity index (χ3v) is 4.89. The monoisotopic (exact) mass is 392 g/mol. The molecular weight excluding hydrogens is 356 g/mol. The summed E-state index contributed by atoms with van der Waals surface area (Å²) >= 11 is 0. The SMILES string of the molecule is COc1ccc([C@H](C)[C@H](C)OC(=O)[C@@H](CC(=O)OC(C)(C)C)C(C)C)c(C)c1. The molecule has 0 heterocycles. The number of hydrogen-bond acceptors (Lipinski definition) is 5. The van der Waals surface area contributed by atoms with E-state index in [9.17, 15) is 9.59 Å². The summed E-state index contributed by atoms with van der Waals surface area (Å²) in [5.41, 5.74) is 1.62.